The molecule has 0 bridgehead atoms. The molecule has 0 unspecified atom stereocenters. The zero-order chi connectivity index (χ0) is 16.1. The summed E-state index contributed by atoms with van der Waals surface area (Å²) in [6, 6.07) is 6.36. The molecule has 4 aromatic heterocycles. The molecule has 8 nitrogen and oxygen atoms in total. The van der Waals surface area contributed by atoms with Crippen LogP contribution in [0.4, 0.5) is 11.6 Å². The number of rotatable bonds is 3. The lowest BCUT2D eigenvalue weighted by Crippen LogP contribution is -2.59. The second-order valence-electron chi connectivity index (χ2n) is 5.83. The lowest BCUT2D eigenvalue weighted by Gasteiger charge is -2.44. The van der Waals surface area contributed by atoms with Crippen molar-refractivity contribution in [3.63, 3.8) is 0 Å². The third-order valence-corrected chi connectivity index (χ3v) is 5.34. The third-order valence-electron chi connectivity index (χ3n) is 4.44. The van der Waals surface area contributed by atoms with E-state index in [0.717, 1.165) is 40.6 Å². The fraction of sp³-hybridized carbons (Fsp3) is 0.267. The Morgan fingerprint density at radius 1 is 1.21 bits per heavy atom. The second-order valence-corrected chi connectivity index (χ2v) is 6.74. The van der Waals surface area contributed by atoms with E-state index in [1.165, 1.54) is 0 Å². The van der Waals surface area contributed by atoms with Crippen molar-refractivity contribution in [1.29, 1.82) is 0 Å². The standard InChI is InChI=1S/C15H14N8S/c1-21(15-14-11(4-5-24-14)16-8-17-15)10-6-22(7-10)13-3-2-12-19-18-9-23(12)20-13/h2-5,8-10H,6-7H2,1H3. The number of aromatic nitrogens is 6. The van der Waals surface area contributed by atoms with Crippen molar-refractivity contribution in [3.05, 3.63) is 36.2 Å². The average Bonchev–Trinajstić information content (AvgIpc) is 3.21. The topological polar surface area (TPSA) is 75.3 Å². The van der Waals surface area contributed by atoms with Crippen LogP contribution in [0.25, 0.3) is 15.9 Å². The Balaban J connectivity index is 1.36. The van der Waals surface area contributed by atoms with Crippen LogP contribution in [-0.4, -0.2) is 56.0 Å². The van der Waals surface area contributed by atoms with Crippen molar-refractivity contribution in [2.45, 2.75) is 6.04 Å². The SMILES string of the molecule is CN(c1ncnc2ccsc12)C1CN(c2ccc3nncn3n2)C1. The van der Waals surface area contributed by atoms with Crippen LogP contribution in [0.3, 0.4) is 0 Å². The third kappa shape index (κ3) is 2.01. The molecule has 24 heavy (non-hydrogen) atoms. The highest BCUT2D eigenvalue weighted by atomic mass is 32.1. The van der Waals surface area contributed by atoms with Gasteiger partial charge in [-0.3, -0.25) is 0 Å². The van der Waals surface area contributed by atoms with E-state index in [1.807, 2.05) is 18.2 Å². The van der Waals surface area contributed by atoms with E-state index in [2.05, 4.69) is 47.5 Å². The highest BCUT2D eigenvalue weighted by Crippen LogP contribution is 2.31. The maximum atomic E-state index is 4.54. The van der Waals surface area contributed by atoms with Crippen LogP contribution in [0, 0.1) is 0 Å². The summed E-state index contributed by atoms with van der Waals surface area (Å²) in [5.74, 6) is 1.94. The van der Waals surface area contributed by atoms with Crippen LogP contribution in [-0.2, 0) is 0 Å². The molecule has 1 aliphatic rings. The van der Waals surface area contributed by atoms with Gasteiger partial charge in [0.25, 0.3) is 0 Å². The van der Waals surface area contributed by atoms with E-state index >= 15 is 0 Å². The predicted molar refractivity (Wildman–Crippen MR) is 92.6 cm³/mol. The van der Waals surface area contributed by atoms with Crippen molar-refractivity contribution < 1.29 is 0 Å². The maximum absolute atomic E-state index is 4.54. The van der Waals surface area contributed by atoms with Crippen molar-refractivity contribution in [3.8, 4) is 0 Å². The van der Waals surface area contributed by atoms with Crippen LogP contribution in [0.2, 0.25) is 0 Å². The van der Waals surface area contributed by atoms with Gasteiger partial charge >= 0.3 is 0 Å². The summed E-state index contributed by atoms with van der Waals surface area (Å²) in [5, 5.41) is 14.4. The maximum Gasteiger partial charge on any atom is 0.177 e. The number of hydrogen-bond donors (Lipinski definition) is 0. The zero-order valence-corrected chi connectivity index (χ0v) is 13.8. The number of thiophene rings is 1. The van der Waals surface area contributed by atoms with Crippen molar-refractivity contribution in [2.75, 3.05) is 29.9 Å². The van der Waals surface area contributed by atoms with E-state index in [-0.39, 0.29) is 0 Å². The van der Waals surface area contributed by atoms with Gasteiger partial charge in [0, 0.05) is 20.1 Å². The molecular weight excluding hydrogens is 324 g/mol. The van der Waals surface area contributed by atoms with Gasteiger partial charge in [0.2, 0.25) is 0 Å². The van der Waals surface area contributed by atoms with Crippen molar-refractivity contribution in [1.82, 2.24) is 29.8 Å². The Labute approximate surface area is 141 Å². The number of hydrogen-bond acceptors (Lipinski definition) is 8. The summed E-state index contributed by atoms with van der Waals surface area (Å²) >= 11 is 1.68. The summed E-state index contributed by atoms with van der Waals surface area (Å²) in [6.07, 6.45) is 3.26. The number of anilines is 2. The summed E-state index contributed by atoms with van der Waals surface area (Å²) in [4.78, 5) is 13.3. The highest BCUT2D eigenvalue weighted by Gasteiger charge is 2.32. The van der Waals surface area contributed by atoms with E-state index in [9.17, 15) is 0 Å². The van der Waals surface area contributed by atoms with Gasteiger partial charge in [-0.1, -0.05) is 0 Å². The average molecular weight is 338 g/mol. The molecule has 0 atom stereocenters. The van der Waals surface area contributed by atoms with Crippen LogP contribution in [0.1, 0.15) is 0 Å². The fourth-order valence-corrected chi connectivity index (χ4v) is 3.85. The first-order valence-electron chi connectivity index (χ1n) is 7.62. The molecule has 0 aliphatic carbocycles. The zero-order valence-electron chi connectivity index (χ0n) is 12.9. The molecule has 1 fully saturated rings. The molecule has 0 radical (unpaired) electrons. The van der Waals surface area contributed by atoms with Crippen LogP contribution < -0.4 is 9.80 Å². The first-order valence-corrected chi connectivity index (χ1v) is 8.50. The molecule has 120 valence electrons. The molecule has 1 saturated heterocycles. The van der Waals surface area contributed by atoms with Crippen LogP contribution >= 0.6 is 11.3 Å². The quantitative estimate of drug-likeness (QED) is 0.560. The molecule has 0 saturated carbocycles. The van der Waals surface area contributed by atoms with Gasteiger partial charge in [-0.15, -0.1) is 26.6 Å². The summed E-state index contributed by atoms with van der Waals surface area (Å²) in [5.41, 5.74) is 1.77. The van der Waals surface area contributed by atoms with Gasteiger partial charge in [0.05, 0.1) is 16.3 Å². The van der Waals surface area contributed by atoms with Gasteiger partial charge in [0.15, 0.2) is 5.65 Å². The van der Waals surface area contributed by atoms with Crippen molar-refractivity contribution >= 4 is 38.8 Å². The molecule has 1 aliphatic heterocycles. The summed E-state index contributed by atoms with van der Waals surface area (Å²) < 4.78 is 2.84. The smallest absolute Gasteiger partial charge is 0.177 e. The van der Waals surface area contributed by atoms with Gasteiger partial charge < -0.3 is 9.80 Å². The first kappa shape index (κ1) is 13.6. The molecule has 0 spiro atoms. The molecular formula is C15H14N8S. The largest absolute Gasteiger partial charge is 0.352 e. The van der Waals surface area contributed by atoms with Gasteiger partial charge in [-0.05, 0) is 23.6 Å². The monoisotopic (exact) mass is 338 g/mol. The molecule has 9 heteroatoms. The number of fused-ring (bicyclic) bond motifs is 2. The number of likely N-dealkylation sites (N-methyl/N-ethyl adjacent to an activating group) is 1. The van der Waals surface area contributed by atoms with Crippen LogP contribution in [0.15, 0.2) is 36.2 Å². The van der Waals surface area contributed by atoms with Gasteiger partial charge in [0.1, 0.15) is 24.3 Å². The molecule has 4 aromatic rings. The molecule has 0 aromatic carbocycles. The molecule has 5 heterocycles. The minimum atomic E-state index is 0.406. The highest BCUT2D eigenvalue weighted by molar-refractivity contribution is 7.17. The van der Waals surface area contributed by atoms with E-state index in [0.29, 0.717) is 6.04 Å². The minimum Gasteiger partial charge on any atom is -0.352 e. The van der Waals surface area contributed by atoms with Crippen molar-refractivity contribution in [2.24, 2.45) is 0 Å². The Kier molecular flexibility index (Phi) is 2.89. The summed E-state index contributed by atoms with van der Waals surface area (Å²) in [6.45, 7) is 1.82. The Hall–Kier alpha value is -2.81. The Bertz CT molecular complexity index is 1020. The Morgan fingerprint density at radius 2 is 2.12 bits per heavy atom. The second kappa shape index (κ2) is 5.10. The normalized spacial score (nSPS) is 15.1. The van der Waals surface area contributed by atoms with E-state index < -0.39 is 0 Å². The predicted octanol–water partition coefficient (Wildman–Crippen LogP) is 1.45. The molecule has 5 rings (SSSR count). The van der Waals surface area contributed by atoms with E-state index in [1.54, 1.807) is 28.5 Å². The van der Waals surface area contributed by atoms with E-state index in [4.69, 9.17) is 0 Å². The summed E-state index contributed by atoms with van der Waals surface area (Å²) in [7, 11) is 2.10. The lowest BCUT2D eigenvalue weighted by molar-refractivity contribution is 0.488. The van der Waals surface area contributed by atoms with Gasteiger partial charge in [-0.2, -0.15) is 4.52 Å². The van der Waals surface area contributed by atoms with Crippen LogP contribution in [0.5, 0.6) is 0 Å². The number of nitrogens with zero attached hydrogens (tertiary/aromatic N) is 8. The molecule has 0 amide bonds. The minimum absolute atomic E-state index is 0.406. The Morgan fingerprint density at radius 3 is 3.04 bits per heavy atom. The lowest BCUT2D eigenvalue weighted by atomic mass is 10.1. The first-order chi connectivity index (χ1) is 11.8. The molecule has 0 N–H and O–H groups in total. The fourth-order valence-electron chi connectivity index (χ4n) is 2.97. The van der Waals surface area contributed by atoms with Gasteiger partial charge in [-0.25, -0.2) is 9.97 Å².